The molecule has 0 aromatic heterocycles. The minimum absolute atomic E-state index is 0.0474. The molecule has 1 aromatic rings. The van der Waals surface area contributed by atoms with Gasteiger partial charge in [-0.3, -0.25) is 9.69 Å². The van der Waals surface area contributed by atoms with E-state index >= 15 is 0 Å². The van der Waals surface area contributed by atoms with Gasteiger partial charge < -0.3 is 10.4 Å². The summed E-state index contributed by atoms with van der Waals surface area (Å²) in [5.74, 6) is -0.174. The lowest BCUT2D eigenvalue weighted by Gasteiger charge is -2.19. The first-order valence-corrected chi connectivity index (χ1v) is 7.02. The minimum atomic E-state index is -0.174. The van der Waals surface area contributed by atoms with Crippen LogP contribution in [-0.2, 0) is 4.79 Å². The van der Waals surface area contributed by atoms with Crippen LogP contribution in [0.4, 0.5) is 5.69 Å². The third kappa shape index (κ3) is 5.51. The van der Waals surface area contributed by atoms with Gasteiger partial charge in [0.05, 0.1) is 22.3 Å². The summed E-state index contributed by atoms with van der Waals surface area (Å²) in [7, 11) is 0. The normalized spacial score (nSPS) is 10.6. The summed E-state index contributed by atoms with van der Waals surface area (Å²) >= 11 is 12.0. The van der Waals surface area contributed by atoms with Crippen LogP contribution in [0.1, 0.15) is 6.42 Å². The first-order valence-electron chi connectivity index (χ1n) is 6.26. The van der Waals surface area contributed by atoms with Crippen molar-refractivity contribution in [2.75, 3.05) is 31.6 Å². The number of hydrogen-bond donors (Lipinski definition) is 2. The lowest BCUT2D eigenvalue weighted by atomic mass is 10.3. The van der Waals surface area contributed by atoms with Crippen LogP contribution >= 0.6 is 23.2 Å². The molecule has 0 radical (unpaired) electrons. The molecule has 1 aromatic carbocycles. The lowest BCUT2D eigenvalue weighted by molar-refractivity contribution is -0.116. The maximum Gasteiger partial charge on any atom is 0.225 e. The van der Waals surface area contributed by atoms with Gasteiger partial charge in [0.25, 0.3) is 0 Å². The second-order valence-corrected chi connectivity index (χ2v) is 5.02. The number of para-hydroxylation sites is 1. The zero-order valence-electron chi connectivity index (χ0n) is 11.1. The summed E-state index contributed by atoms with van der Waals surface area (Å²) in [6.07, 6.45) is 2.02. The number of benzene rings is 1. The molecule has 1 rings (SSSR count). The Hall–Kier alpha value is -1.07. The average Bonchev–Trinajstić information content (AvgIpc) is 2.41. The molecular formula is C14H18Cl2N2O2. The Morgan fingerprint density at radius 2 is 2.00 bits per heavy atom. The topological polar surface area (TPSA) is 52.6 Å². The molecule has 6 heteroatoms. The van der Waals surface area contributed by atoms with E-state index in [1.807, 2.05) is 4.90 Å². The standard InChI is InChI=1S/C14H18Cl2N2O2/c1-2-7-18(9-10-19)8-6-13(20)17-14-11(15)4-3-5-12(14)16/h2-5,19H,1,6-10H2,(H,17,20). The molecule has 0 bridgehead atoms. The summed E-state index contributed by atoms with van der Waals surface area (Å²) < 4.78 is 0. The predicted octanol–water partition coefficient (Wildman–Crippen LogP) is 2.80. The first-order chi connectivity index (χ1) is 9.58. The van der Waals surface area contributed by atoms with Gasteiger partial charge >= 0.3 is 0 Å². The van der Waals surface area contributed by atoms with Crippen molar-refractivity contribution in [3.05, 3.63) is 40.9 Å². The lowest BCUT2D eigenvalue weighted by Crippen LogP contribution is -2.30. The van der Waals surface area contributed by atoms with Gasteiger partial charge in [0, 0.05) is 26.1 Å². The highest BCUT2D eigenvalue weighted by atomic mass is 35.5. The molecule has 0 spiro atoms. The number of nitrogens with one attached hydrogen (secondary N) is 1. The van der Waals surface area contributed by atoms with E-state index in [0.29, 0.717) is 35.4 Å². The number of nitrogens with zero attached hydrogens (tertiary/aromatic N) is 1. The van der Waals surface area contributed by atoms with Crippen LogP contribution < -0.4 is 5.32 Å². The number of anilines is 1. The van der Waals surface area contributed by atoms with Crippen LogP contribution in [0.5, 0.6) is 0 Å². The van der Waals surface area contributed by atoms with E-state index in [-0.39, 0.29) is 18.9 Å². The molecule has 20 heavy (non-hydrogen) atoms. The van der Waals surface area contributed by atoms with Gasteiger partial charge in [-0.25, -0.2) is 0 Å². The first kappa shape index (κ1) is 17.0. The zero-order valence-corrected chi connectivity index (χ0v) is 12.6. The fraction of sp³-hybridized carbons (Fsp3) is 0.357. The van der Waals surface area contributed by atoms with E-state index in [9.17, 15) is 4.79 Å². The molecule has 0 aliphatic heterocycles. The van der Waals surface area contributed by atoms with Crippen molar-refractivity contribution in [1.29, 1.82) is 0 Å². The SMILES string of the molecule is C=CCN(CCO)CCC(=O)Nc1c(Cl)cccc1Cl. The van der Waals surface area contributed by atoms with Gasteiger partial charge in [-0.1, -0.05) is 35.3 Å². The number of halogens is 2. The van der Waals surface area contributed by atoms with Crippen LogP contribution in [0.2, 0.25) is 10.0 Å². The van der Waals surface area contributed by atoms with Crippen molar-refractivity contribution in [3.63, 3.8) is 0 Å². The Morgan fingerprint density at radius 3 is 2.55 bits per heavy atom. The molecule has 0 saturated heterocycles. The second-order valence-electron chi connectivity index (χ2n) is 4.21. The Bertz CT molecular complexity index is 446. The van der Waals surface area contributed by atoms with E-state index in [2.05, 4.69) is 11.9 Å². The van der Waals surface area contributed by atoms with Gasteiger partial charge in [0.2, 0.25) is 5.91 Å². The summed E-state index contributed by atoms with van der Waals surface area (Å²) in [6.45, 7) is 5.35. The number of hydrogen-bond acceptors (Lipinski definition) is 3. The number of rotatable bonds is 8. The third-order valence-electron chi connectivity index (χ3n) is 2.69. The largest absolute Gasteiger partial charge is 0.395 e. The average molecular weight is 317 g/mol. The summed E-state index contributed by atoms with van der Waals surface area (Å²) in [4.78, 5) is 13.8. The second kappa shape index (κ2) is 8.97. The van der Waals surface area contributed by atoms with E-state index in [1.165, 1.54) is 0 Å². The zero-order chi connectivity index (χ0) is 15.0. The number of carbonyl (C=O) groups excluding carboxylic acids is 1. The van der Waals surface area contributed by atoms with Crippen molar-refractivity contribution in [2.24, 2.45) is 0 Å². The maximum atomic E-state index is 11.9. The monoisotopic (exact) mass is 316 g/mol. The molecule has 4 nitrogen and oxygen atoms in total. The minimum Gasteiger partial charge on any atom is -0.395 e. The summed E-state index contributed by atoms with van der Waals surface area (Å²) in [6, 6.07) is 5.05. The van der Waals surface area contributed by atoms with Crippen LogP contribution in [0.25, 0.3) is 0 Å². The summed E-state index contributed by atoms with van der Waals surface area (Å²) in [5, 5.41) is 12.4. The molecule has 0 aliphatic rings. The quantitative estimate of drug-likeness (QED) is 0.725. The van der Waals surface area contributed by atoms with E-state index in [0.717, 1.165) is 0 Å². The van der Waals surface area contributed by atoms with Gasteiger partial charge in [-0.05, 0) is 12.1 Å². The molecule has 1 amide bonds. The Balaban J connectivity index is 2.53. The Labute approximate surface area is 129 Å². The van der Waals surface area contributed by atoms with Crippen LogP contribution in [0.3, 0.4) is 0 Å². The fourth-order valence-corrected chi connectivity index (χ4v) is 2.19. The number of amides is 1. The molecule has 0 unspecified atom stereocenters. The van der Waals surface area contributed by atoms with Gasteiger partial charge in [0.15, 0.2) is 0 Å². The molecule has 0 heterocycles. The molecule has 0 aliphatic carbocycles. The van der Waals surface area contributed by atoms with Gasteiger partial charge in [-0.2, -0.15) is 0 Å². The third-order valence-corrected chi connectivity index (χ3v) is 3.32. The summed E-state index contributed by atoms with van der Waals surface area (Å²) in [5.41, 5.74) is 0.429. The van der Waals surface area contributed by atoms with Crippen molar-refractivity contribution >= 4 is 34.8 Å². The highest BCUT2D eigenvalue weighted by molar-refractivity contribution is 6.39. The fourth-order valence-electron chi connectivity index (χ4n) is 1.70. The predicted molar refractivity (Wildman–Crippen MR) is 83.4 cm³/mol. The van der Waals surface area contributed by atoms with Crippen molar-refractivity contribution in [1.82, 2.24) is 4.90 Å². The van der Waals surface area contributed by atoms with E-state index in [1.54, 1.807) is 24.3 Å². The molecule has 0 saturated carbocycles. The highest BCUT2D eigenvalue weighted by Gasteiger charge is 2.11. The smallest absolute Gasteiger partial charge is 0.225 e. The van der Waals surface area contributed by atoms with E-state index in [4.69, 9.17) is 28.3 Å². The maximum absolute atomic E-state index is 11.9. The molecule has 2 N–H and O–H groups in total. The van der Waals surface area contributed by atoms with Gasteiger partial charge in [-0.15, -0.1) is 6.58 Å². The molecule has 0 fully saturated rings. The highest BCUT2D eigenvalue weighted by Crippen LogP contribution is 2.29. The van der Waals surface area contributed by atoms with Crippen LogP contribution in [-0.4, -0.2) is 42.2 Å². The van der Waals surface area contributed by atoms with Crippen molar-refractivity contribution in [2.45, 2.75) is 6.42 Å². The van der Waals surface area contributed by atoms with Gasteiger partial charge in [0.1, 0.15) is 0 Å². The molecule has 0 atom stereocenters. The Morgan fingerprint density at radius 1 is 1.35 bits per heavy atom. The van der Waals surface area contributed by atoms with Crippen molar-refractivity contribution in [3.8, 4) is 0 Å². The van der Waals surface area contributed by atoms with Crippen LogP contribution in [0.15, 0.2) is 30.9 Å². The number of carbonyl (C=O) groups is 1. The molecular weight excluding hydrogens is 299 g/mol. The number of aliphatic hydroxyl groups excluding tert-OH is 1. The molecule has 110 valence electrons. The number of aliphatic hydroxyl groups is 1. The van der Waals surface area contributed by atoms with Crippen molar-refractivity contribution < 1.29 is 9.90 Å². The van der Waals surface area contributed by atoms with Crippen LogP contribution in [0, 0.1) is 0 Å². The van der Waals surface area contributed by atoms with E-state index < -0.39 is 0 Å². The Kier molecular flexibility index (Phi) is 7.62.